The topological polar surface area (TPSA) is 143 Å². The van der Waals surface area contributed by atoms with Gasteiger partial charge in [-0.05, 0) is 23.8 Å². The van der Waals surface area contributed by atoms with Crippen LogP contribution in [0.4, 0.5) is 5.69 Å². The molecular formula is C19H19ClN6O3S. The molecule has 156 valence electrons. The first-order valence-electron chi connectivity index (χ1n) is 9.15. The van der Waals surface area contributed by atoms with Crippen LogP contribution in [0.25, 0.3) is 11.4 Å². The maximum absolute atomic E-state index is 13.0. The van der Waals surface area contributed by atoms with E-state index in [2.05, 4.69) is 25.2 Å². The van der Waals surface area contributed by atoms with Crippen LogP contribution in [0.1, 0.15) is 16.6 Å². The van der Waals surface area contributed by atoms with Gasteiger partial charge in [0.2, 0.25) is 15.9 Å². The summed E-state index contributed by atoms with van der Waals surface area (Å²) >= 11 is 6.02. The SMILES string of the molecule is NC(=O)C1Nc2ccc(Cl)cc2C1S(=O)(=O)NCCc1nc(-c2ccccc2)n[nH]1. The van der Waals surface area contributed by atoms with Crippen LogP contribution < -0.4 is 15.8 Å². The molecule has 2 unspecified atom stereocenters. The summed E-state index contributed by atoms with van der Waals surface area (Å²) < 4.78 is 28.5. The Balaban J connectivity index is 1.47. The zero-order valence-electron chi connectivity index (χ0n) is 15.7. The monoisotopic (exact) mass is 446 g/mol. The Morgan fingerprint density at radius 2 is 1.97 bits per heavy atom. The van der Waals surface area contributed by atoms with Crippen LogP contribution in [-0.2, 0) is 21.2 Å². The molecule has 3 aromatic rings. The predicted molar refractivity (Wildman–Crippen MR) is 113 cm³/mol. The van der Waals surface area contributed by atoms with Crippen LogP contribution in [0.15, 0.2) is 48.5 Å². The molecule has 5 N–H and O–H groups in total. The quantitative estimate of drug-likeness (QED) is 0.434. The van der Waals surface area contributed by atoms with Crippen LogP contribution in [0.3, 0.4) is 0 Å². The molecule has 0 aliphatic carbocycles. The zero-order valence-corrected chi connectivity index (χ0v) is 17.2. The number of nitrogens with one attached hydrogen (secondary N) is 3. The summed E-state index contributed by atoms with van der Waals surface area (Å²) in [5, 5.41) is 9.02. The summed E-state index contributed by atoms with van der Waals surface area (Å²) in [6.45, 7) is 0.0731. The Hall–Kier alpha value is -2.95. The molecule has 9 nitrogen and oxygen atoms in total. The van der Waals surface area contributed by atoms with Gasteiger partial charge in [0.1, 0.15) is 17.1 Å². The number of fused-ring (bicyclic) bond motifs is 1. The van der Waals surface area contributed by atoms with E-state index in [-0.39, 0.29) is 6.54 Å². The number of aromatic amines is 1. The van der Waals surface area contributed by atoms with Gasteiger partial charge in [0.15, 0.2) is 5.82 Å². The van der Waals surface area contributed by atoms with Crippen molar-refractivity contribution in [1.82, 2.24) is 19.9 Å². The van der Waals surface area contributed by atoms with Crippen molar-refractivity contribution < 1.29 is 13.2 Å². The molecule has 4 rings (SSSR count). The lowest BCUT2D eigenvalue weighted by molar-refractivity contribution is -0.118. The number of aromatic nitrogens is 3. The van der Waals surface area contributed by atoms with Crippen LogP contribution >= 0.6 is 11.6 Å². The normalized spacial score (nSPS) is 18.0. The van der Waals surface area contributed by atoms with Crippen molar-refractivity contribution in [3.63, 3.8) is 0 Å². The summed E-state index contributed by atoms with van der Waals surface area (Å²) in [7, 11) is -3.93. The van der Waals surface area contributed by atoms with E-state index in [0.717, 1.165) is 5.56 Å². The molecule has 1 aromatic heterocycles. The van der Waals surface area contributed by atoms with E-state index in [1.807, 2.05) is 30.3 Å². The molecule has 0 fully saturated rings. The Morgan fingerprint density at radius 3 is 2.70 bits per heavy atom. The molecule has 0 spiro atoms. The van der Waals surface area contributed by atoms with Gasteiger partial charge in [-0.15, -0.1) is 0 Å². The number of hydrogen-bond acceptors (Lipinski definition) is 6. The first-order valence-corrected chi connectivity index (χ1v) is 11.1. The standard InChI is InChI=1S/C19H19ClN6O3S/c20-12-6-7-14-13(10-12)17(16(23-14)18(21)27)30(28,29)22-9-8-15-24-19(26-25-15)11-4-2-1-3-5-11/h1-7,10,16-17,22-23H,8-9H2,(H2,21,27)(H,24,25,26). The van der Waals surface area contributed by atoms with Crippen LogP contribution in [0.5, 0.6) is 0 Å². The Kier molecular flexibility index (Phi) is 5.46. The number of benzene rings is 2. The summed E-state index contributed by atoms with van der Waals surface area (Å²) in [4.78, 5) is 16.2. The number of carbonyl (C=O) groups excluding carboxylic acids is 1. The van der Waals surface area contributed by atoms with Crippen molar-refractivity contribution >= 4 is 33.2 Å². The lowest BCUT2D eigenvalue weighted by atomic mass is 10.1. The zero-order chi connectivity index (χ0) is 21.3. The first-order chi connectivity index (χ1) is 14.3. The molecule has 0 saturated carbocycles. The number of nitrogens with zero attached hydrogens (tertiary/aromatic N) is 2. The molecule has 2 aromatic carbocycles. The van der Waals surface area contributed by atoms with Gasteiger partial charge >= 0.3 is 0 Å². The average Bonchev–Trinajstić information content (AvgIpc) is 3.33. The van der Waals surface area contributed by atoms with E-state index in [9.17, 15) is 13.2 Å². The number of amides is 1. The third kappa shape index (κ3) is 4.02. The van der Waals surface area contributed by atoms with Gasteiger partial charge in [0, 0.05) is 29.2 Å². The number of carbonyl (C=O) groups is 1. The minimum Gasteiger partial charge on any atom is -0.372 e. The van der Waals surface area contributed by atoms with Crippen molar-refractivity contribution in [3.05, 3.63) is 64.9 Å². The van der Waals surface area contributed by atoms with Crippen molar-refractivity contribution in [2.45, 2.75) is 17.7 Å². The highest BCUT2D eigenvalue weighted by Crippen LogP contribution is 2.40. The summed E-state index contributed by atoms with van der Waals surface area (Å²) in [5.41, 5.74) is 7.21. The second kappa shape index (κ2) is 8.05. The van der Waals surface area contributed by atoms with Gasteiger partial charge in [0.05, 0.1) is 0 Å². The largest absolute Gasteiger partial charge is 0.372 e. The maximum atomic E-state index is 13.0. The van der Waals surface area contributed by atoms with Gasteiger partial charge < -0.3 is 11.1 Å². The lowest BCUT2D eigenvalue weighted by Crippen LogP contribution is -2.43. The number of rotatable bonds is 7. The number of anilines is 1. The van der Waals surface area contributed by atoms with Gasteiger partial charge in [-0.25, -0.2) is 18.1 Å². The fourth-order valence-electron chi connectivity index (χ4n) is 3.41. The van der Waals surface area contributed by atoms with Crippen molar-refractivity contribution in [1.29, 1.82) is 0 Å². The Bertz CT molecular complexity index is 1180. The molecule has 1 amide bonds. The Labute approximate surface area is 178 Å². The third-order valence-corrected chi connectivity index (χ3v) is 6.84. The molecule has 1 aliphatic heterocycles. The minimum atomic E-state index is -3.93. The molecule has 11 heteroatoms. The van der Waals surface area contributed by atoms with Gasteiger partial charge in [-0.3, -0.25) is 9.89 Å². The van der Waals surface area contributed by atoms with Crippen molar-refractivity contribution in [2.24, 2.45) is 5.73 Å². The van der Waals surface area contributed by atoms with E-state index in [0.29, 0.717) is 34.3 Å². The molecular weight excluding hydrogens is 428 g/mol. The highest BCUT2D eigenvalue weighted by atomic mass is 35.5. The molecule has 0 radical (unpaired) electrons. The fraction of sp³-hybridized carbons (Fsp3) is 0.211. The highest BCUT2D eigenvalue weighted by molar-refractivity contribution is 7.89. The molecule has 30 heavy (non-hydrogen) atoms. The van der Waals surface area contributed by atoms with E-state index >= 15 is 0 Å². The molecule has 0 saturated heterocycles. The fourth-order valence-corrected chi connectivity index (χ4v) is 5.25. The predicted octanol–water partition coefficient (Wildman–Crippen LogP) is 1.61. The minimum absolute atomic E-state index is 0.0731. The maximum Gasteiger partial charge on any atom is 0.241 e. The van der Waals surface area contributed by atoms with Gasteiger partial charge in [-0.1, -0.05) is 41.9 Å². The summed E-state index contributed by atoms with van der Waals surface area (Å²) in [6, 6.07) is 13.1. The van der Waals surface area contributed by atoms with Crippen LogP contribution in [-0.4, -0.2) is 42.1 Å². The van der Waals surface area contributed by atoms with Crippen LogP contribution in [0, 0.1) is 0 Å². The number of hydrogen-bond donors (Lipinski definition) is 4. The van der Waals surface area contributed by atoms with Crippen LogP contribution in [0.2, 0.25) is 5.02 Å². The van der Waals surface area contributed by atoms with Crippen molar-refractivity contribution in [2.75, 3.05) is 11.9 Å². The second-order valence-corrected chi connectivity index (χ2v) is 9.16. The van der Waals surface area contributed by atoms with E-state index < -0.39 is 27.2 Å². The molecule has 0 bridgehead atoms. The highest BCUT2D eigenvalue weighted by Gasteiger charge is 2.44. The number of H-pyrrole nitrogens is 1. The van der Waals surface area contributed by atoms with Crippen molar-refractivity contribution in [3.8, 4) is 11.4 Å². The number of nitrogens with two attached hydrogens (primary N) is 1. The van der Waals surface area contributed by atoms with E-state index in [4.69, 9.17) is 17.3 Å². The molecule has 1 aliphatic rings. The summed E-state index contributed by atoms with van der Waals surface area (Å²) in [6.07, 6.45) is 0.294. The summed E-state index contributed by atoms with van der Waals surface area (Å²) in [5.74, 6) is 0.308. The van der Waals surface area contributed by atoms with Gasteiger partial charge in [-0.2, -0.15) is 5.10 Å². The number of sulfonamides is 1. The molecule has 2 atom stereocenters. The number of primary amides is 1. The van der Waals surface area contributed by atoms with E-state index in [1.54, 1.807) is 12.1 Å². The molecule has 2 heterocycles. The average molecular weight is 447 g/mol. The second-order valence-electron chi connectivity index (χ2n) is 6.84. The van der Waals surface area contributed by atoms with Gasteiger partial charge in [0.25, 0.3) is 0 Å². The lowest BCUT2D eigenvalue weighted by Gasteiger charge is -2.18. The number of halogens is 1. The first kappa shape index (κ1) is 20.3. The van der Waals surface area contributed by atoms with E-state index in [1.165, 1.54) is 6.07 Å². The third-order valence-electron chi connectivity index (χ3n) is 4.80. The Morgan fingerprint density at radius 1 is 1.20 bits per heavy atom. The smallest absolute Gasteiger partial charge is 0.241 e.